The van der Waals surface area contributed by atoms with Crippen LogP contribution in [0.15, 0.2) is 24.3 Å². The van der Waals surface area contributed by atoms with Crippen LogP contribution in [0.2, 0.25) is 0 Å². The molecule has 4 nitrogen and oxygen atoms in total. The van der Waals surface area contributed by atoms with Gasteiger partial charge in [-0.2, -0.15) is 0 Å². The van der Waals surface area contributed by atoms with Crippen molar-refractivity contribution in [3.05, 3.63) is 29.8 Å². The Balaban J connectivity index is 0.00000441. The van der Waals surface area contributed by atoms with Crippen molar-refractivity contribution in [2.75, 3.05) is 26.7 Å². The lowest BCUT2D eigenvalue weighted by Gasteiger charge is -2.09. The molecule has 126 valence electrons. The van der Waals surface area contributed by atoms with Gasteiger partial charge in [-0.15, -0.1) is 12.4 Å². The van der Waals surface area contributed by atoms with Gasteiger partial charge in [-0.25, -0.2) is 0 Å². The topological polar surface area (TPSA) is 50.4 Å². The molecule has 0 aliphatic carbocycles. The Morgan fingerprint density at radius 1 is 1.18 bits per heavy atom. The Morgan fingerprint density at radius 3 is 2.45 bits per heavy atom. The molecule has 0 unspecified atom stereocenters. The van der Waals surface area contributed by atoms with Crippen LogP contribution in [0.5, 0.6) is 5.75 Å². The van der Waals surface area contributed by atoms with Gasteiger partial charge in [0.05, 0.1) is 6.61 Å². The standard InChI is InChI=1S/C17H28N2O2.ClH/c1-14(2)13-21-16-8-6-15(7-9-16)10-12-19-17(20)5-4-11-18-3;/h6-9,14,18H,4-5,10-13H2,1-3H3,(H,19,20);1H. The van der Waals surface area contributed by atoms with Gasteiger partial charge in [0.2, 0.25) is 5.91 Å². The Morgan fingerprint density at radius 2 is 1.86 bits per heavy atom. The molecule has 0 aliphatic heterocycles. The summed E-state index contributed by atoms with van der Waals surface area (Å²) in [6, 6.07) is 8.10. The summed E-state index contributed by atoms with van der Waals surface area (Å²) in [7, 11) is 1.90. The van der Waals surface area contributed by atoms with Gasteiger partial charge >= 0.3 is 0 Å². The van der Waals surface area contributed by atoms with Crippen molar-refractivity contribution in [1.29, 1.82) is 0 Å². The molecule has 1 aromatic rings. The average molecular weight is 329 g/mol. The quantitative estimate of drug-likeness (QED) is 0.649. The zero-order chi connectivity index (χ0) is 15.5. The van der Waals surface area contributed by atoms with E-state index in [1.165, 1.54) is 5.56 Å². The second-order valence-corrected chi connectivity index (χ2v) is 5.66. The van der Waals surface area contributed by atoms with E-state index in [2.05, 4.69) is 36.6 Å². The van der Waals surface area contributed by atoms with Crippen LogP contribution in [0.3, 0.4) is 0 Å². The molecule has 0 heterocycles. The van der Waals surface area contributed by atoms with Crippen LogP contribution in [-0.4, -0.2) is 32.7 Å². The van der Waals surface area contributed by atoms with E-state index in [0.717, 1.165) is 31.7 Å². The molecule has 1 rings (SSSR count). The zero-order valence-corrected chi connectivity index (χ0v) is 14.7. The minimum absolute atomic E-state index is 0. The number of ether oxygens (including phenoxy) is 1. The molecule has 0 saturated heterocycles. The molecule has 0 saturated carbocycles. The summed E-state index contributed by atoms with van der Waals surface area (Å²) in [5, 5.41) is 5.98. The van der Waals surface area contributed by atoms with E-state index in [-0.39, 0.29) is 18.3 Å². The fourth-order valence-electron chi connectivity index (χ4n) is 1.88. The Labute approximate surface area is 140 Å². The van der Waals surface area contributed by atoms with Gasteiger partial charge < -0.3 is 15.4 Å². The number of halogens is 1. The lowest BCUT2D eigenvalue weighted by Crippen LogP contribution is -2.26. The van der Waals surface area contributed by atoms with Crippen LogP contribution < -0.4 is 15.4 Å². The molecule has 2 N–H and O–H groups in total. The van der Waals surface area contributed by atoms with Crippen LogP contribution >= 0.6 is 12.4 Å². The second-order valence-electron chi connectivity index (χ2n) is 5.66. The van der Waals surface area contributed by atoms with E-state index >= 15 is 0 Å². The molecule has 0 bridgehead atoms. The van der Waals surface area contributed by atoms with Crippen LogP contribution in [0.1, 0.15) is 32.3 Å². The van der Waals surface area contributed by atoms with Crippen molar-refractivity contribution < 1.29 is 9.53 Å². The number of hydrogen-bond donors (Lipinski definition) is 2. The molecule has 22 heavy (non-hydrogen) atoms. The largest absolute Gasteiger partial charge is 0.493 e. The van der Waals surface area contributed by atoms with Gasteiger partial charge in [0.15, 0.2) is 0 Å². The molecule has 5 heteroatoms. The fraction of sp³-hybridized carbons (Fsp3) is 0.588. The number of carbonyl (C=O) groups is 1. The highest BCUT2D eigenvalue weighted by atomic mass is 35.5. The molecule has 1 aromatic carbocycles. The molecule has 0 aromatic heterocycles. The SMILES string of the molecule is CNCCCC(=O)NCCc1ccc(OCC(C)C)cc1.Cl. The highest BCUT2D eigenvalue weighted by Crippen LogP contribution is 2.13. The predicted molar refractivity (Wildman–Crippen MR) is 93.9 cm³/mol. The van der Waals surface area contributed by atoms with Crippen molar-refractivity contribution in [2.24, 2.45) is 5.92 Å². The van der Waals surface area contributed by atoms with Crippen LogP contribution in [0.4, 0.5) is 0 Å². The van der Waals surface area contributed by atoms with E-state index in [4.69, 9.17) is 4.74 Å². The maximum Gasteiger partial charge on any atom is 0.220 e. The number of nitrogens with one attached hydrogen (secondary N) is 2. The van der Waals surface area contributed by atoms with Gasteiger partial charge in [-0.05, 0) is 50.0 Å². The number of rotatable bonds is 10. The van der Waals surface area contributed by atoms with E-state index in [0.29, 0.717) is 18.9 Å². The summed E-state index contributed by atoms with van der Waals surface area (Å²) in [5.74, 6) is 1.56. The third-order valence-corrected chi connectivity index (χ3v) is 3.07. The minimum Gasteiger partial charge on any atom is -0.493 e. The summed E-state index contributed by atoms with van der Waals surface area (Å²) in [5.41, 5.74) is 1.21. The van der Waals surface area contributed by atoms with Gasteiger partial charge in [0.25, 0.3) is 0 Å². The molecule has 0 radical (unpaired) electrons. The molecule has 0 fully saturated rings. The average Bonchev–Trinajstić information content (AvgIpc) is 2.46. The first kappa shape index (κ1) is 20.7. The Bertz CT molecular complexity index is 408. The van der Waals surface area contributed by atoms with Crippen molar-refractivity contribution in [2.45, 2.75) is 33.1 Å². The summed E-state index contributed by atoms with van der Waals surface area (Å²) in [6.45, 7) is 6.57. The number of hydrogen-bond acceptors (Lipinski definition) is 3. The normalized spacial score (nSPS) is 10.2. The first-order chi connectivity index (χ1) is 10.1. The van der Waals surface area contributed by atoms with Crippen molar-refractivity contribution in [3.63, 3.8) is 0 Å². The highest BCUT2D eigenvalue weighted by Gasteiger charge is 2.01. The number of carbonyl (C=O) groups excluding carboxylic acids is 1. The Hall–Kier alpha value is -1.26. The van der Waals surface area contributed by atoms with E-state index in [9.17, 15) is 4.79 Å². The molecule has 1 amide bonds. The van der Waals surface area contributed by atoms with Crippen molar-refractivity contribution in [3.8, 4) is 5.75 Å². The zero-order valence-electron chi connectivity index (χ0n) is 13.9. The smallest absolute Gasteiger partial charge is 0.220 e. The van der Waals surface area contributed by atoms with Crippen LogP contribution in [0, 0.1) is 5.92 Å². The van der Waals surface area contributed by atoms with Gasteiger partial charge in [0, 0.05) is 13.0 Å². The van der Waals surface area contributed by atoms with Crippen molar-refractivity contribution >= 4 is 18.3 Å². The fourth-order valence-corrected chi connectivity index (χ4v) is 1.88. The summed E-state index contributed by atoms with van der Waals surface area (Å²) < 4.78 is 5.64. The maximum atomic E-state index is 11.6. The van der Waals surface area contributed by atoms with Gasteiger partial charge in [0.1, 0.15) is 5.75 Å². The van der Waals surface area contributed by atoms with E-state index in [1.807, 2.05) is 19.2 Å². The lowest BCUT2D eigenvalue weighted by atomic mass is 10.1. The van der Waals surface area contributed by atoms with Gasteiger partial charge in [-0.3, -0.25) is 4.79 Å². The predicted octanol–water partition coefficient (Wildman–Crippen LogP) is 2.80. The van der Waals surface area contributed by atoms with E-state index in [1.54, 1.807) is 0 Å². The van der Waals surface area contributed by atoms with Crippen LogP contribution in [0.25, 0.3) is 0 Å². The minimum atomic E-state index is 0. The third kappa shape index (κ3) is 9.64. The summed E-state index contributed by atoms with van der Waals surface area (Å²) in [6.07, 6.45) is 2.31. The lowest BCUT2D eigenvalue weighted by molar-refractivity contribution is -0.121. The summed E-state index contributed by atoms with van der Waals surface area (Å²) >= 11 is 0. The first-order valence-corrected chi connectivity index (χ1v) is 7.75. The van der Waals surface area contributed by atoms with Crippen LogP contribution in [-0.2, 0) is 11.2 Å². The van der Waals surface area contributed by atoms with Crippen molar-refractivity contribution in [1.82, 2.24) is 10.6 Å². The Kier molecular flexibility index (Phi) is 11.6. The highest BCUT2D eigenvalue weighted by molar-refractivity contribution is 5.85. The van der Waals surface area contributed by atoms with Gasteiger partial charge in [-0.1, -0.05) is 26.0 Å². The molecular formula is C17H29ClN2O2. The first-order valence-electron chi connectivity index (χ1n) is 7.75. The molecule has 0 spiro atoms. The molecule has 0 atom stereocenters. The second kappa shape index (κ2) is 12.3. The molecular weight excluding hydrogens is 300 g/mol. The monoisotopic (exact) mass is 328 g/mol. The number of benzene rings is 1. The molecule has 0 aliphatic rings. The summed E-state index contributed by atoms with van der Waals surface area (Å²) in [4.78, 5) is 11.6. The third-order valence-electron chi connectivity index (χ3n) is 3.07. The van der Waals surface area contributed by atoms with E-state index < -0.39 is 0 Å². The maximum absolute atomic E-state index is 11.6. The number of amides is 1.